The molecule has 0 saturated heterocycles. The minimum atomic E-state index is -0.0124. The number of rotatable bonds is 5. The monoisotopic (exact) mass is 270 g/mol. The van der Waals surface area contributed by atoms with E-state index in [9.17, 15) is 9.59 Å². The zero-order valence-corrected chi connectivity index (χ0v) is 11.8. The van der Waals surface area contributed by atoms with E-state index < -0.39 is 0 Å². The van der Waals surface area contributed by atoms with Crippen molar-refractivity contribution in [3.8, 4) is 5.75 Å². The highest BCUT2D eigenvalue weighted by Crippen LogP contribution is 2.28. The number of allylic oxidation sites excluding steroid dienone is 4. The molecular weight excluding hydrogens is 252 g/mol. The molecule has 0 radical (unpaired) electrons. The normalized spacial score (nSPS) is 13.2. The summed E-state index contributed by atoms with van der Waals surface area (Å²) in [4.78, 5) is 23.0. The van der Waals surface area contributed by atoms with Crippen LogP contribution in [0.1, 0.15) is 31.4 Å². The summed E-state index contributed by atoms with van der Waals surface area (Å²) in [6.07, 6.45) is 7.04. The van der Waals surface area contributed by atoms with Gasteiger partial charge in [0.05, 0.1) is 0 Å². The third-order valence-electron chi connectivity index (χ3n) is 3.17. The lowest BCUT2D eigenvalue weighted by atomic mass is 9.95. The predicted molar refractivity (Wildman–Crippen MR) is 78.7 cm³/mol. The summed E-state index contributed by atoms with van der Waals surface area (Å²) in [5.41, 5.74) is 2.75. The van der Waals surface area contributed by atoms with E-state index in [2.05, 4.69) is 0 Å². The first kappa shape index (κ1) is 14.3. The Hall–Kier alpha value is -2.16. The Kier molecular flexibility index (Phi) is 4.51. The molecule has 0 unspecified atom stereocenters. The van der Waals surface area contributed by atoms with Crippen molar-refractivity contribution < 1.29 is 14.3 Å². The predicted octanol–water partition coefficient (Wildman–Crippen LogP) is 3.13. The first-order valence-electron chi connectivity index (χ1n) is 6.77. The van der Waals surface area contributed by atoms with Crippen LogP contribution in [0.4, 0.5) is 0 Å². The molecule has 3 nitrogen and oxygen atoms in total. The van der Waals surface area contributed by atoms with Crippen LogP contribution < -0.4 is 4.74 Å². The lowest BCUT2D eigenvalue weighted by molar-refractivity contribution is -0.119. The maximum atomic E-state index is 12.0. The standard InChI is InChI=1S/C17H18O3/c1-3-17(19)16-7-5-4-6-13-10-14(8-9-15(13)16)20-11-12(2)18/h4-5,7-10H,3,6,11H2,1-2H3. The number of hydrogen-bond donors (Lipinski definition) is 0. The average molecular weight is 270 g/mol. The SMILES string of the molecule is CCC(=O)C1=CC=CCc2cc(OCC(C)=O)ccc21. The van der Waals surface area contributed by atoms with Gasteiger partial charge in [-0.2, -0.15) is 0 Å². The van der Waals surface area contributed by atoms with Crippen LogP contribution in [0, 0.1) is 0 Å². The Bertz CT molecular complexity index is 594. The van der Waals surface area contributed by atoms with E-state index in [1.54, 1.807) is 0 Å². The van der Waals surface area contributed by atoms with Gasteiger partial charge in [-0.1, -0.05) is 31.2 Å². The van der Waals surface area contributed by atoms with Crippen molar-refractivity contribution in [3.05, 3.63) is 47.6 Å². The highest BCUT2D eigenvalue weighted by atomic mass is 16.5. The fourth-order valence-electron chi connectivity index (χ4n) is 2.16. The average Bonchev–Trinajstić information content (AvgIpc) is 2.66. The molecule has 1 aliphatic carbocycles. The third-order valence-corrected chi connectivity index (χ3v) is 3.17. The van der Waals surface area contributed by atoms with Crippen LogP contribution in [0.25, 0.3) is 5.57 Å². The van der Waals surface area contributed by atoms with Crippen molar-refractivity contribution in [3.63, 3.8) is 0 Å². The Balaban J connectivity index is 2.32. The van der Waals surface area contributed by atoms with Gasteiger partial charge in [0.1, 0.15) is 12.4 Å². The van der Waals surface area contributed by atoms with Crippen LogP contribution in [-0.2, 0) is 16.0 Å². The van der Waals surface area contributed by atoms with E-state index in [0.29, 0.717) is 12.2 Å². The summed E-state index contributed by atoms with van der Waals surface area (Å²) in [5, 5.41) is 0. The molecule has 3 heteroatoms. The number of benzene rings is 1. The van der Waals surface area contributed by atoms with Gasteiger partial charge in [-0.3, -0.25) is 9.59 Å². The number of carbonyl (C=O) groups excluding carboxylic acids is 2. The summed E-state index contributed by atoms with van der Waals surface area (Å²) >= 11 is 0. The molecule has 0 amide bonds. The van der Waals surface area contributed by atoms with Crippen LogP contribution in [0.2, 0.25) is 0 Å². The summed E-state index contributed by atoms with van der Waals surface area (Å²) < 4.78 is 5.42. The highest BCUT2D eigenvalue weighted by molar-refractivity contribution is 6.21. The molecule has 0 saturated carbocycles. The summed E-state index contributed by atoms with van der Waals surface area (Å²) in [5.74, 6) is 0.786. The van der Waals surface area contributed by atoms with Crippen LogP contribution in [0.15, 0.2) is 36.4 Å². The van der Waals surface area contributed by atoms with E-state index in [-0.39, 0.29) is 18.2 Å². The van der Waals surface area contributed by atoms with E-state index in [0.717, 1.165) is 23.1 Å². The molecule has 1 aromatic carbocycles. The molecule has 20 heavy (non-hydrogen) atoms. The second-order valence-corrected chi connectivity index (χ2v) is 4.80. The van der Waals surface area contributed by atoms with Gasteiger partial charge in [-0.05, 0) is 36.6 Å². The molecule has 0 aliphatic heterocycles. The topological polar surface area (TPSA) is 43.4 Å². The first-order valence-corrected chi connectivity index (χ1v) is 6.77. The van der Waals surface area contributed by atoms with Gasteiger partial charge in [-0.25, -0.2) is 0 Å². The number of ketones is 2. The maximum absolute atomic E-state index is 12.0. The Morgan fingerprint density at radius 1 is 1.30 bits per heavy atom. The Labute approximate surface area is 118 Å². The molecule has 1 aromatic rings. The van der Waals surface area contributed by atoms with Crippen molar-refractivity contribution >= 4 is 17.1 Å². The quantitative estimate of drug-likeness (QED) is 0.825. The van der Waals surface area contributed by atoms with Crippen LogP contribution in [0.5, 0.6) is 5.75 Å². The van der Waals surface area contributed by atoms with Gasteiger partial charge in [0, 0.05) is 12.0 Å². The van der Waals surface area contributed by atoms with Crippen LogP contribution in [0.3, 0.4) is 0 Å². The zero-order valence-electron chi connectivity index (χ0n) is 11.8. The van der Waals surface area contributed by atoms with E-state index in [1.165, 1.54) is 6.92 Å². The van der Waals surface area contributed by atoms with Gasteiger partial charge in [0.2, 0.25) is 0 Å². The smallest absolute Gasteiger partial charge is 0.167 e. The number of ether oxygens (including phenoxy) is 1. The molecule has 0 fully saturated rings. The van der Waals surface area contributed by atoms with Crippen molar-refractivity contribution in [1.82, 2.24) is 0 Å². The molecule has 104 valence electrons. The first-order chi connectivity index (χ1) is 9.61. The minimum Gasteiger partial charge on any atom is -0.486 e. The van der Waals surface area contributed by atoms with Gasteiger partial charge in [0.15, 0.2) is 11.6 Å². The van der Waals surface area contributed by atoms with Crippen molar-refractivity contribution in [1.29, 1.82) is 0 Å². The summed E-state index contributed by atoms with van der Waals surface area (Å²) in [7, 11) is 0. The number of Topliss-reactive ketones (excluding diaryl/α,β-unsaturated/α-hetero) is 2. The number of carbonyl (C=O) groups is 2. The maximum Gasteiger partial charge on any atom is 0.167 e. The van der Waals surface area contributed by atoms with E-state index in [1.807, 2.05) is 43.4 Å². The molecule has 0 aromatic heterocycles. The van der Waals surface area contributed by atoms with Crippen LogP contribution >= 0.6 is 0 Å². The molecule has 0 heterocycles. The zero-order chi connectivity index (χ0) is 14.5. The second-order valence-electron chi connectivity index (χ2n) is 4.80. The Morgan fingerprint density at radius 3 is 2.80 bits per heavy atom. The summed E-state index contributed by atoms with van der Waals surface area (Å²) in [6.45, 7) is 3.43. The summed E-state index contributed by atoms with van der Waals surface area (Å²) in [6, 6.07) is 5.62. The van der Waals surface area contributed by atoms with Gasteiger partial charge >= 0.3 is 0 Å². The van der Waals surface area contributed by atoms with Crippen LogP contribution in [-0.4, -0.2) is 18.2 Å². The van der Waals surface area contributed by atoms with Gasteiger partial charge in [0.25, 0.3) is 0 Å². The molecule has 0 spiro atoms. The lowest BCUT2D eigenvalue weighted by Crippen LogP contribution is -2.07. The van der Waals surface area contributed by atoms with Gasteiger partial charge in [-0.15, -0.1) is 0 Å². The molecule has 0 atom stereocenters. The van der Waals surface area contributed by atoms with Gasteiger partial charge < -0.3 is 4.74 Å². The van der Waals surface area contributed by atoms with Crippen molar-refractivity contribution in [2.24, 2.45) is 0 Å². The minimum absolute atomic E-state index is 0.0124. The third kappa shape index (κ3) is 3.23. The fourth-order valence-corrected chi connectivity index (χ4v) is 2.16. The molecule has 2 rings (SSSR count). The van der Waals surface area contributed by atoms with E-state index >= 15 is 0 Å². The highest BCUT2D eigenvalue weighted by Gasteiger charge is 2.15. The second kappa shape index (κ2) is 6.33. The van der Waals surface area contributed by atoms with Crippen molar-refractivity contribution in [2.75, 3.05) is 6.61 Å². The largest absolute Gasteiger partial charge is 0.486 e. The van der Waals surface area contributed by atoms with E-state index in [4.69, 9.17) is 4.74 Å². The fraction of sp³-hybridized carbons (Fsp3) is 0.294. The number of fused-ring (bicyclic) bond motifs is 1. The molecule has 1 aliphatic rings. The molecular formula is C17H18O3. The number of hydrogen-bond acceptors (Lipinski definition) is 3. The molecule has 0 bridgehead atoms. The molecule has 0 N–H and O–H groups in total. The van der Waals surface area contributed by atoms with Crippen molar-refractivity contribution in [2.45, 2.75) is 26.7 Å². The lowest BCUT2D eigenvalue weighted by Gasteiger charge is -2.12. The Morgan fingerprint density at radius 2 is 2.10 bits per heavy atom.